The number of rotatable bonds is 2. The van der Waals surface area contributed by atoms with Gasteiger partial charge in [0.15, 0.2) is 5.82 Å². The Hall–Kier alpha value is -2.55. The Labute approximate surface area is 95.6 Å². The van der Waals surface area contributed by atoms with Crippen LogP contribution in [-0.2, 0) is 0 Å². The van der Waals surface area contributed by atoms with E-state index in [9.17, 15) is 8.78 Å². The molecule has 0 spiro atoms. The fourth-order valence-electron chi connectivity index (χ4n) is 1.23. The molecule has 0 aliphatic rings. The third kappa shape index (κ3) is 2.34. The third-order valence-corrected chi connectivity index (χ3v) is 2.01. The standard InChI is InChI=1S/C11H6F2N4/c12-8-1-2-9(13)10(3-8)17-11-7(4-14)5-15-6-16-11/h1-3,5-6H,(H,15,16,17). The molecule has 1 N–H and O–H groups in total. The molecule has 0 radical (unpaired) electrons. The first-order valence-electron chi connectivity index (χ1n) is 4.63. The molecule has 0 unspecified atom stereocenters. The van der Waals surface area contributed by atoms with E-state index in [1.807, 2.05) is 6.07 Å². The molecule has 0 atom stereocenters. The number of halogens is 2. The maximum absolute atomic E-state index is 13.3. The number of hydrogen-bond donors (Lipinski definition) is 1. The van der Waals surface area contributed by atoms with Crippen molar-refractivity contribution in [2.24, 2.45) is 0 Å². The number of benzene rings is 1. The summed E-state index contributed by atoms with van der Waals surface area (Å²) in [7, 11) is 0. The number of nitrogens with one attached hydrogen (secondary N) is 1. The summed E-state index contributed by atoms with van der Waals surface area (Å²) in [4.78, 5) is 7.44. The second kappa shape index (κ2) is 4.53. The molecule has 1 aromatic carbocycles. The quantitative estimate of drug-likeness (QED) is 0.863. The van der Waals surface area contributed by atoms with Gasteiger partial charge in [0.1, 0.15) is 29.6 Å². The van der Waals surface area contributed by atoms with Crippen molar-refractivity contribution in [2.75, 3.05) is 5.32 Å². The first kappa shape index (κ1) is 11.0. The van der Waals surface area contributed by atoms with Crippen LogP contribution in [0.15, 0.2) is 30.7 Å². The summed E-state index contributed by atoms with van der Waals surface area (Å²) in [6.07, 6.45) is 2.49. The Kier molecular flexibility index (Phi) is 2.92. The first-order chi connectivity index (χ1) is 8.20. The van der Waals surface area contributed by atoms with Crippen LogP contribution in [0.3, 0.4) is 0 Å². The van der Waals surface area contributed by atoms with E-state index >= 15 is 0 Å². The summed E-state index contributed by atoms with van der Waals surface area (Å²) in [6, 6.07) is 4.83. The van der Waals surface area contributed by atoms with Gasteiger partial charge in [-0.1, -0.05) is 0 Å². The lowest BCUT2D eigenvalue weighted by Crippen LogP contribution is -2.00. The zero-order chi connectivity index (χ0) is 12.3. The van der Waals surface area contributed by atoms with Crippen LogP contribution in [0.25, 0.3) is 0 Å². The van der Waals surface area contributed by atoms with Gasteiger partial charge in [0.2, 0.25) is 0 Å². The first-order valence-corrected chi connectivity index (χ1v) is 4.63. The number of nitrogens with zero attached hydrogens (tertiary/aromatic N) is 3. The minimum Gasteiger partial charge on any atom is -0.337 e. The summed E-state index contributed by atoms with van der Waals surface area (Å²) in [5.74, 6) is -1.08. The SMILES string of the molecule is N#Cc1cncnc1Nc1cc(F)ccc1F. The predicted molar refractivity (Wildman–Crippen MR) is 56.4 cm³/mol. The van der Waals surface area contributed by atoms with Crippen molar-refractivity contribution in [1.82, 2.24) is 9.97 Å². The van der Waals surface area contributed by atoms with Crippen LogP contribution in [0.4, 0.5) is 20.3 Å². The van der Waals surface area contributed by atoms with E-state index in [4.69, 9.17) is 5.26 Å². The Morgan fingerprint density at radius 2 is 2.12 bits per heavy atom. The van der Waals surface area contributed by atoms with Crippen molar-refractivity contribution < 1.29 is 8.78 Å². The van der Waals surface area contributed by atoms with Crippen molar-refractivity contribution in [3.8, 4) is 6.07 Å². The lowest BCUT2D eigenvalue weighted by atomic mass is 10.2. The smallest absolute Gasteiger partial charge is 0.151 e. The molecule has 0 fully saturated rings. The molecule has 0 aliphatic heterocycles. The van der Waals surface area contributed by atoms with Gasteiger partial charge < -0.3 is 5.32 Å². The van der Waals surface area contributed by atoms with Crippen molar-refractivity contribution in [1.29, 1.82) is 5.26 Å². The van der Waals surface area contributed by atoms with Crippen molar-refractivity contribution in [2.45, 2.75) is 0 Å². The molecule has 4 nitrogen and oxygen atoms in total. The van der Waals surface area contributed by atoms with Crippen molar-refractivity contribution in [3.63, 3.8) is 0 Å². The van der Waals surface area contributed by atoms with E-state index in [0.29, 0.717) is 0 Å². The minimum absolute atomic E-state index is 0.0831. The Morgan fingerprint density at radius 1 is 1.29 bits per heavy atom. The molecule has 17 heavy (non-hydrogen) atoms. The average Bonchev–Trinajstić information content (AvgIpc) is 2.34. The Bertz CT molecular complexity index is 592. The highest BCUT2D eigenvalue weighted by atomic mass is 19.1. The highest BCUT2D eigenvalue weighted by Crippen LogP contribution is 2.21. The fourth-order valence-corrected chi connectivity index (χ4v) is 1.23. The second-order valence-corrected chi connectivity index (χ2v) is 3.15. The third-order valence-electron chi connectivity index (χ3n) is 2.01. The largest absolute Gasteiger partial charge is 0.337 e. The van der Waals surface area contributed by atoms with E-state index in [2.05, 4.69) is 15.3 Å². The molecule has 0 bridgehead atoms. The Balaban J connectivity index is 2.38. The number of nitriles is 1. The van der Waals surface area contributed by atoms with E-state index in [0.717, 1.165) is 18.2 Å². The molecular formula is C11H6F2N4. The van der Waals surface area contributed by atoms with E-state index in [-0.39, 0.29) is 17.1 Å². The fraction of sp³-hybridized carbons (Fsp3) is 0. The van der Waals surface area contributed by atoms with Crippen LogP contribution in [0.1, 0.15) is 5.56 Å². The molecule has 0 saturated carbocycles. The number of anilines is 2. The average molecular weight is 232 g/mol. The maximum atomic E-state index is 13.3. The summed E-state index contributed by atoms with van der Waals surface area (Å²) in [6.45, 7) is 0. The van der Waals surface area contributed by atoms with Gasteiger partial charge in [-0.15, -0.1) is 0 Å². The van der Waals surface area contributed by atoms with E-state index < -0.39 is 11.6 Å². The second-order valence-electron chi connectivity index (χ2n) is 3.15. The normalized spacial score (nSPS) is 9.71. The maximum Gasteiger partial charge on any atom is 0.151 e. The molecule has 0 saturated heterocycles. The molecule has 0 aliphatic carbocycles. The lowest BCUT2D eigenvalue weighted by Gasteiger charge is -2.07. The van der Waals surface area contributed by atoms with Gasteiger partial charge in [0.25, 0.3) is 0 Å². The molecule has 0 amide bonds. The molecule has 2 aromatic rings. The lowest BCUT2D eigenvalue weighted by molar-refractivity contribution is 0.603. The summed E-state index contributed by atoms with van der Waals surface area (Å²) >= 11 is 0. The monoisotopic (exact) mass is 232 g/mol. The Morgan fingerprint density at radius 3 is 2.88 bits per heavy atom. The van der Waals surface area contributed by atoms with Crippen molar-refractivity contribution >= 4 is 11.5 Å². The van der Waals surface area contributed by atoms with Gasteiger partial charge in [0.05, 0.1) is 11.9 Å². The summed E-state index contributed by atoms with van der Waals surface area (Å²) < 4.78 is 26.3. The zero-order valence-electron chi connectivity index (χ0n) is 8.48. The number of hydrogen-bond acceptors (Lipinski definition) is 4. The predicted octanol–water partition coefficient (Wildman–Crippen LogP) is 2.37. The highest BCUT2D eigenvalue weighted by molar-refractivity contribution is 5.62. The van der Waals surface area contributed by atoms with Crippen LogP contribution < -0.4 is 5.32 Å². The van der Waals surface area contributed by atoms with E-state index in [1.54, 1.807) is 0 Å². The van der Waals surface area contributed by atoms with Crippen LogP contribution in [0, 0.1) is 23.0 Å². The molecule has 1 heterocycles. The number of aromatic nitrogens is 2. The van der Waals surface area contributed by atoms with Gasteiger partial charge in [0, 0.05) is 6.07 Å². The molecular weight excluding hydrogens is 226 g/mol. The highest BCUT2D eigenvalue weighted by Gasteiger charge is 2.08. The van der Waals surface area contributed by atoms with Gasteiger partial charge >= 0.3 is 0 Å². The molecule has 6 heteroatoms. The van der Waals surface area contributed by atoms with Gasteiger partial charge in [-0.05, 0) is 12.1 Å². The van der Waals surface area contributed by atoms with Crippen molar-refractivity contribution in [3.05, 3.63) is 47.9 Å². The van der Waals surface area contributed by atoms with E-state index in [1.165, 1.54) is 12.5 Å². The topological polar surface area (TPSA) is 61.6 Å². The summed E-state index contributed by atoms with van der Waals surface area (Å²) in [5, 5.41) is 11.3. The van der Waals surface area contributed by atoms with Crippen LogP contribution in [0.2, 0.25) is 0 Å². The van der Waals surface area contributed by atoms with Gasteiger partial charge in [-0.25, -0.2) is 18.7 Å². The van der Waals surface area contributed by atoms with Gasteiger partial charge in [-0.3, -0.25) is 0 Å². The molecule has 84 valence electrons. The minimum atomic E-state index is -0.631. The van der Waals surface area contributed by atoms with Crippen LogP contribution in [0.5, 0.6) is 0 Å². The molecule has 1 aromatic heterocycles. The summed E-state index contributed by atoms with van der Waals surface area (Å²) in [5.41, 5.74) is 0.0661. The van der Waals surface area contributed by atoms with Crippen LogP contribution in [-0.4, -0.2) is 9.97 Å². The zero-order valence-corrected chi connectivity index (χ0v) is 8.48. The van der Waals surface area contributed by atoms with Gasteiger partial charge in [-0.2, -0.15) is 5.26 Å². The van der Waals surface area contributed by atoms with Crippen LogP contribution >= 0.6 is 0 Å². The molecule has 2 rings (SSSR count).